The van der Waals surface area contributed by atoms with Crippen molar-refractivity contribution in [1.29, 1.82) is 0 Å². The highest BCUT2D eigenvalue weighted by Crippen LogP contribution is 2.38. The number of carbonyl (C=O) groups is 2. The molecular weight excluding hydrogens is 498 g/mol. The van der Waals surface area contributed by atoms with Crippen LogP contribution in [0.3, 0.4) is 0 Å². The van der Waals surface area contributed by atoms with Crippen molar-refractivity contribution in [2.24, 2.45) is 0 Å². The van der Waals surface area contributed by atoms with E-state index < -0.39 is 0 Å². The number of hydrogen-bond acceptors (Lipinski definition) is 8. The number of nitrogens with zero attached hydrogens (tertiary/aromatic N) is 5. The van der Waals surface area contributed by atoms with Crippen LogP contribution in [0.25, 0.3) is 11.7 Å². The Bertz CT molecular complexity index is 1310. The minimum atomic E-state index is -0.338. The number of rotatable bonds is 4. The van der Waals surface area contributed by atoms with Gasteiger partial charge in [-0.15, -0.1) is 0 Å². The van der Waals surface area contributed by atoms with E-state index in [4.69, 9.17) is 21.9 Å². The number of aromatic nitrogens is 2. The molecule has 1 saturated carbocycles. The number of thiocarbonyl (C=S) groups is 1. The summed E-state index contributed by atoms with van der Waals surface area (Å²) in [7, 11) is 0. The van der Waals surface area contributed by atoms with E-state index in [0.29, 0.717) is 59.0 Å². The number of hydrogen-bond donors (Lipinski definition) is 0. The molecule has 1 aliphatic carbocycles. The first-order valence-corrected chi connectivity index (χ1v) is 13.6. The minimum absolute atomic E-state index is 0.135. The molecular formula is C25H29N5O4S2. The average molecular weight is 528 g/mol. The Morgan fingerprint density at radius 2 is 1.94 bits per heavy atom. The van der Waals surface area contributed by atoms with Gasteiger partial charge in [-0.1, -0.05) is 42.9 Å². The highest BCUT2D eigenvalue weighted by Gasteiger charge is 2.38. The Hall–Kier alpha value is -2.92. The normalized spacial score (nSPS) is 20.3. The number of ether oxygens (including phenoxy) is 1. The van der Waals surface area contributed by atoms with Gasteiger partial charge in [0.05, 0.1) is 17.1 Å². The van der Waals surface area contributed by atoms with Crippen LogP contribution in [-0.2, 0) is 9.53 Å². The molecule has 4 heterocycles. The van der Waals surface area contributed by atoms with Crippen LogP contribution in [-0.4, -0.2) is 74.3 Å². The first-order chi connectivity index (χ1) is 17.4. The summed E-state index contributed by atoms with van der Waals surface area (Å²) >= 11 is 6.81. The highest BCUT2D eigenvalue weighted by molar-refractivity contribution is 8.26. The van der Waals surface area contributed by atoms with E-state index in [-0.39, 0.29) is 23.6 Å². The lowest BCUT2D eigenvalue weighted by atomic mass is 10.2. The van der Waals surface area contributed by atoms with E-state index >= 15 is 0 Å². The fourth-order valence-electron chi connectivity index (χ4n) is 5.07. The SMILES string of the molecule is CCOC(=O)N1CCN(c2nc3c(C)cccn3c(=O)c2/C=C2/SC(=S)N(C3CCCC3)C2=O)CC1. The predicted molar refractivity (Wildman–Crippen MR) is 144 cm³/mol. The molecule has 2 saturated heterocycles. The Kier molecular flexibility index (Phi) is 7.03. The molecule has 2 aliphatic heterocycles. The molecule has 3 fully saturated rings. The molecule has 2 amide bonds. The average Bonchev–Trinajstić information content (AvgIpc) is 3.49. The van der Waals surface area contributed by atoms with Crippen LogP contribution in [0, 0.1) is 6.92 Å². The number of amides is 2. The molecule has 5 rings (SSSR count). The van der Waals surface area contributed by atoms with Crippen LogP contribution < -0.4 is 10.5 Å². The molecule has 0 bridgehead atoms. The van der Waals surface area contributed by atoms with E-state index in [1.54, 1.807) is 29.0 Å². The zero-order valence-electron chi connectivity index (χ0n) is 20.4. The third-order valence-corrected chi connectivity index (χ3v) is 8.29. The molecule has 0 aromatic carbocycles. The summed E-state index contributed by atoms with van der Waals surface area (Å²) in [6.45, 7) is 5.92. The maximum absolute atomic E-state index is 13.7. The van der Waals surface area contributed by atoms with Gasteiger partial charge in [0.2, 0.25) is 0 Å². The second-order valence-electron chi connectivity index (χ2n) is 9.20. The quantitative estimate of drug-likeness (QED) is 0.442. The van der Waals surface area contributed by atoms with Crippen molar-refractivity contribution in [3.8, 4) is 0 Å². The van der Waals surface area contributed by atoms with Crippen molar-refractivity contribution >= 4 is 57.8 Å². The van der Waals surface area contributed by atoms with Gasteiger partial charge in [-0.25, -0.2) is 9.78 Å². The first kappa shape index (κ1) is 24.8. The fraction of sp³-hybridized carbons (Fsp3) is 0.480. The van der Waals surface area contributed by atoms with Crippen molar-refractivity contribution in [3.63, 3.8) is 0 Å². The van der Waals surface area contributed by atoms with Crippen molar-refractivity contribution in [2.75, 3.05) is 37.7 Å². The largest absolute Gasteiger partial charge is 0.450 e. The summed E-state index contributed by atoms with van der Waals surface area (Å²) in [4.78, 5) is 50.0. The molecule has 2 aromatic heterocycles. The summed E-state index contributed by atoms with van der Waals surface area (Å²) in [5, 5.41) is 0. The van der Waals surface area contributed by atoms with E-state index in [1.165, 1.54) is 16.2 Å². The van der Waals surface area contributed by atoms with Gasteiger partial charge < -0.3 is 14.5 Å². The van der Waals surface area contributed by atoms with Crippen molar-refractivity contribution in [1.82, 2.24) is 19.2 Å². The van der Waals surface area contributed by atoms with Gasteiger partial charge in [-0.2, -0.15) is 0 Å². The number of fused-ring (bicyclic) bond motifs is 1. The van der Waals surface area contributed by atoms with Crippen LogP contribution in [0.4, 0.5) is 10.6 Å². The van der Waals surface area contributed by atoms with Gasteiger partial charge >= 0.3 is 6.09 Å². The van der Waals surface area contributed by atoms with Crippen molar-refractivity contribution < 1.29 is 14.3 Å². The van der Waals surface area contributed by atoms with Gasteiger partial charge in [0.1, 0.15) is 15.8 Å². The Balaban J connectivity index is 1.53. The van der Waals surface area contributed by atoms with Crippen LogP contribution in [0.15, 0.2) is 28.0 Å². The number of pyridine rings is 1. The molecule has 0 N–H and O–H groups in total. The number of carbonyl (C=O) groups excluding carboxylic acids is 2. The van der Waals surface area contributed by atoms with Crippen molar-refractivity contribution in [2.45, 2.75) is 45.6 Å². The second kappa shape index (κ2) is 10.2. The summed E-state index contributed by atoms with van der Waals surface area (Å²) in [6, 6.07) is 3.86. The number of aryl methyl sites for hydroxylation is 1. The van der Waals surface area contributed by atoms with Crippen LogP contribution in [0.1, 0.15) is 43.7 Å². The van der Waals surface area contributed by atoms with E-state index in [2.05, 4.69) is 0 Å². The lowest BCUT2D eigenvalue weighted by molar-refractivity contribution is -0.123. The predicted octanol–water partition coefficient (Wildman–Crippen LogP) is 3.43. The zero-order valence-corrected chi connectivity index (χ0v) is 22.1. The molecule has 36 heavy (non-hydrogen) atoms. The molecule has 11 heteroatoms. The molecule has 0 radical (unpaired) electrons. The second-order valence-corrected chi connectivity index (χ2v) is 10.9. The standard InChI is InChI=1S/C25H29N5O4S2/c1-3-34-24(33)28-13-11-27(12-14-28)21-18(22(31)29-10-6-7-16(2)20(29)26-21)15-19-23(32)30(25(35)36-19)17-8-4-5-9-17/h6-7,10,15,17H,3-5,8-9,11-14H2,1-2H3/b19-15+. The van der Waals surface area contributed by atoms with E-state index in [9.17, 15) is 14.4 Å². The van der Waals surface area contributed by atoms with Gasteiger partial charge in [0.25, 0.3) is 11.5 Å². The zero-order chi connectivity index (χ0) is 25.4. The van der Waals surface area contributed by atoms with Crippen LogP contribution >= 0.6 is 24.0 Å². The maximum Gasteiger partial charge on any atom is 0.409 e. The molecule has 3 aliphatic rings. The summed E-state index contributed by atoms with van der Waals surface area (Å²) < 4.78 is 7.21. The smallest absolute Gasteiger partial charge is 0.409 e. The van der Waals surface area contributed by atoms with Crippen LogP contribution in [0.2, 0.25) is 0 Å². The molecule has 0 atom stereocenters. The summed E-state index contributed by atoms with van der Waals surface area (Å²) in [5.74, 6) is 0.382. The molecule has 190 valence electrons. The lowest BCUT2D eigenvalue weighted by Crippen LogP contribution is -2.49. The Labute approximate surface area is 219 Å². The monoisotopic (exact) mass is 527 g/mol. The third-order valence-electron chi connectivity index (χ3n) is 6.96. The molecule has 0 unspecified atom stereocenters. The topological polar surface area (TPSA) is 87.5 Å². The van der Waals surface area contributed by atoms with E-state index in [0.717, 1.165) is 31.2 Å². The van der Waals surface area contributed by atoms with Gasteiger partial charge in [-0.05, 0) is 44.4 Å². The van der Waals surface area contributed by atoms with E-state index in [1.807, 2.05) is 24.0 Å². The first-order valence-electron chi connectivity index (χ1n) is 12.3. The van der Waals surface area contributed by atoms with Crippen LogP contribution in [0.5, 0.6) is 0 Å². The molecule has 9 nitrogen and oxygen atoms in total. The number of piperazine rings is 1. The van der Waals surface area contributed by atoms with Gasteiger partial charge in [0, 0.05) is 38.4 Å². The van der Waals surface area contributed by atoms with Crippen molar-refractivity contribution in [3.05, 3.63) is 44.7 Å². The van der Waals surface area contributed by atoms with Gasteiger partial charge in [0.15, 0.2) is 0 Å². The molecule has 0 spiro atoms. The summed E-state index contributed by atoms with van der Waals surface area (Å²) in [6.07, 6.45) is 7.11. The Morgan fingerprint density at radius 1 is 1.22 bits per heavy atom. The highest BCUT2D eigenvalue weighted by atomic mass is 32.2. The number of thioether (sulfide) groups is 1. The molecule has 2 aromatic rings. The number of anilines is 1. The minimum Gasteiger partial charge on any atom is -0.450 e. The lowest BCUT2D eigenvalue weighted by Gasteiger charge is -2.35. The Morgan fingerprint density at radius 3 is 2.64 bits per heavy atom. The van der Waals surface area contributed by atoms with Gasteiger partial charge in [-0.3, -0.25) is 18.9 Å². The summed E-state index contributed by atoms with van der Waals surface area (Å²) in [5.41, 5.74) is 1.56. The maximum atomic E-state index is 13.7. The fourth-order valence-corrected chi connectivity index (χ4v) is 6.45. The third kappa shape index (κ3) is 4.50.